The number of carbonyl (C=O) groups excluding carboxylic acids is 2. The van der Waals surface area contributed by atoms with Crippen molar-refractivity contribution in [2.75, 3.05) is 0 Å². The summed E-state index contributed by atoms with van der Waals surface area (Å²) < 4.78 is 11.6. The fourth-order valence-corrected chi connectivity index (χ4v) is 4.67. The summed E-state index contributed by atoms with van der Waals surface area (Å²) >= 11 is 0. The van der Waals surface area contributed by atoms with Gasteiger partial charge < -0.3 is 9.47 Å². The Morgan fingerprint density at radius 1 is 1.32 bits per heavy atom. The van der Waals surface area contributed by atoms with Crippen LogP contribution in [0.25, 0.3) is 0 Å². The van der Waals surface area contributed by atoms with Crippen molar-refractivity contribution < 1.29 is 19.1 Å². The average molecular weight is 262 g/mol. The molecule has 2 aliphatic carbocycles. The summed E-state index contributed by atoms with van der Waals surface area (Å²) in [6, 6.07) is 0. The highest BCUT2D eigenvalue weighted by Gasteiger charge is 2.85. The first-order valence-corrected chi connectivity index (χ1v) is 7.00. The zero-order chi connectivity index (χ0) is 13.6. The Bertz CT molecular complexity index is 538. The van der Waals surface area contributed by atoms with Gasteiger partial charge in [0.15, 0.2) is 17.0 Å². The number of esters is 1. The minimum absolute atomic E-state index is 0.00114. The van der Waals surface area contributed by atoms with Gasteiger partial charge in [0.1, 0.15) is 6.10 Å². The molecule has 6 atom stereocenters. The molecule has 3 fully saturated rings. The number of epoxide rings is 1. The van der Waals surface area contributed by atoms with Crippen molar-refractivity contribution >= 4 is 11.8 Å². The lowest BCUT2D eigenvalue weighted by molar-refractivity contribution is -0.149. The Kier molecular flexibility index (Phi) is 1.81. The lowest BCUT2D eigenvalue weighted by Crippen LogP contribution is -2.58. The molecule has 4 heteroatoms. The molecule has 4 rings (SSSR count). The molecule has 19 heavy (non-hydrogen) atoms. The van der Waals surface area contributed by atoms with E-state index in [1.54, 1.807) is 6.08 Å². The number of rotatable bonds is 0. The summed E-state index contributed by atoms with van der Waals surface area (Å²) in [5.41, 5.74) is -1.64. The van der Waals surface area contributed by atoms with E-state index in [0.29, 0.717) is 0 Å². The highest BCUT2D eigenvalue weighted by molar-refractivity contribution is 6.02. The van der Waals surface area contributed by atoms with Gasteiger partial charge in [-0.3, -0.25) is 9.59 Å². The van der Waals surface area contributed by atoms with E-state index in [1.807, 2.05) is 19.9 Å². The van der Waals surface area contributed by atoms with E-state index in [0.717, 1.165) is 12.8 Å². The van der Waals surface area contributed by atoms with Crippen molar-refractivity contribution in [3.8, 4) is 0 Å². The molecule has 2 saturated heterocycles. The second-order valence-electron chi connectivity index (χ2n) is 6.83. The van der Waals surface area contributed by atoms with Crippen LogP contribution in [0.1, 0.15) is 33.6 Å². The Morgan fingerprint density at radius 2 is 2.05 bits per heavy atom. The normalized spacial score (nSPS) is 58.2. The van der Waals surface area contributed by atoms with E-state index in [2.05, 4.69) is 6.92 Å². The Morgan fingerprint density at radius 3 is 2.79 bits per heavy atom. The van der Waals surface area contributed by atoms with Crippen molar-refractivity contribution in [2.24, 2.45) is 17.3 Å². The van der Waals surface area contributed by atoms with E-state index >= 15 is 0 Å². The number of hydrogen-bond donors (Lipinski definition) is 0. The smallest absolute Gasteiger partial charge is 0.309 e. The first-order valence-electron chi connectivity index (χ1n) is 7.00. The molecule has 4 nitrogen and oxygen atoms in total. The molecule has 0 bridgehead atoms. The summed E-state index contributed by atoms with van der Waals surface area (Å²) in [6.45, 7) is 5.89. The van der Waals surface area contributed by atoms with Crippen LogP contribution in [0, 0.1) is 17.3 Å². The van der Waals surface area contributed by atoms with Crippen molar-refractivity contribution in [2.45, 2.75) is 50.9 Å². The summed E-state index contributed by atoms with van der Waals surface area (Å²) in [6.07, 6.45) is 5.23. The van der Waals surface area contributed by atoms with Crippen molar-refractivity contribution in [1.82, 2.24) is 0 Å². The van der Waals surface area contributed by atoms with Crippen LogP contribution in [0.15, 0.2) is 12.2 Å². The summed E-state index contributed by atoms with van der Waals surface area (Å²) in [5, 5.41) is 0. The standard InChI is InChI=1S/C15H18O4/c1-8-9-4-6-13(2)7-5-10(16)14(3)15(13,19-14)11(9)18-12(8)17/h5,7-9,11H,4,6H2,1-3H3/t8?,9?,11?,13-,14+,15-/m0/s1. The molecule has 0 aromatic carbocycles. The molecule has 4 aliphatic rings. The Labute approximate surface area is 112 Å². The number of hydrogen-bond acceptors (Lipinski definition) is 4. The molecule has 2 aliphatic heterocycles. The number of ether oxygens (including phenoxy) is 2. The SMILES string of the molecule is CC1C(=O)OC2C1CC[C@@]1(C)C=CC(=O)[C@@]3(C)O[C@@]213. The maximum atomic E-state index is 12.1. The molecule has 2 heterocycles. The molecule has 1 spiro atoms. The van der Waals surface area contributed by atoms with Crippen LogP contribution in [0.3, 0.4) is 0 Å². The van der Waals surface area contributed by atoms with Gasteiger partial charge in [-0.15, -0.1) is 0 Å². The van der Waals surface area contributed by atoms with E-state index in [9.17, 15) is 9.59 Å². The highest BCUT2D eigenvalue weighted by atomic mass is 16.7. The second kappa shape index (κ2) is 2.95. The molecule has 0 aromatic rings. The van der Waals surface area contributed by atoms with Crippen LogP contribution >= 0.6 is 0 Å². The average Bonchev–Trinajstić information content (AvgIpc) is 2.92. The molecular formula is C15H18O4. The zero-order valence-electron chi connectivity index (χ0n) is 11.4. The maximum Gasteiger partial charge on any atom is 0.309 e. The van der Waals surface area contributed by atoms with Crippen LogP contribution in [-0.4, -0.2) is 29.1 Å². The maximum absolute atomic E-state index is 12.1. The monoisotopic (exact) mass is 262 g/mol. The highest BCUT2D eigenvalue weighted by Crippen LogP contribution is 2.70. The molecular weight excluding hydrogens is 244 g/mol. The van der Waals surface area contributed by atoms with Gasteiger partial charge >= 0.3 is 5.97 Å². The third-order valence-corrected chi connectivity index (χ3v) is 6.00. The van der Waals surface area contributed by atoms with Crippen molar-refractivity contribution in [3.05, 3.63) is 12.2 Å². The lowest BCUT2D eigenvalue weighted by atomic mass is 9.55. The minimum Gasteiger partial charge on any atom is -0.459 e. The van der Waals surface area contributed by atoms with Gasteiger partial charge in [0.25, 0.3) is 0 Å². The topological polar surface area (TPSA) is 55.9 Å². The number of fused-ring (bicyclic) bond motifs is 1. The predicted octanol–water partition coefficient (Wildman–Crippen LogP) is 1.63. The van der Waals surface area contributed by atoms with E-state index in [4.69, 9.17) is 9.47 Å². The van der Waals surface area contributed by atoms with Gasteiger partial charge in [0, 0.05) is 11.3 Å². The van der Waals surface area contributed by atoms with Gasteiger partial charge in [-0.25, -0.2) is 0 Å². The molecule has 1 saturated carbocycles. The van der Waals surface area contributed by atoms with Crippen LogP contribution < -0.4 is 0 Å². The molecule has 3 unspecified atom stereocenters. The lowest BCUT2D eigenvalue weighted by Gasteiger charge is -2.46. The van der Waals surface area contributed by atoms with Gasteiger partial charge in [0.2, 0.25) is 0 Å². The summed E-state index contributed by atoms with van der Waals surface area (Å²) in [5.74, 6) is -0.0465. The second-order valence-corrected chi connectivity index (χ2v) is 6.83. The zero-order valence-corrected chi connectivity index (χ0v) is 11.4. The van der Waals surface area contributed by atoms with Crippen molar-refractivity contribution in [1.29, 1.82) is 0 Å². The Hall–Kier alpha value is -1.16. The first-order chi connectivity index (χ1) is 8.86. The number of ketones is 1. The van der Waals surface area contributed by atoms with Crippen LogP contribution in [0.2, 0.25) is 0 Å². The summed E-state index contributed by atoms with van der Waals surface area (Å²) in [4.78, 5) is 24.0. The third-order valence-electron chi connectivity index (χ3n) is 6.00. The van der Waals surface area contributed by atoms with E-state index in [1.165, 1.54) is 0 Å². The first kappa shape index (κ1) is 11.6. The molecule has 0 radical (unpaired) electrons. The molecule has 0 amide bonds. The predicted molar refractivity (Wildman–Crippen MR) is 66.2 cm³/mol. The van der Waals surface area contributed by atoms with E-state index in [-0.39, 0.29) is 35.1 Å². The molecule has 0 N–H and O–H groups in total. The minimum atomic E-state index is -0.801. The fourth-order valence-electron chi connectivity index (χ4n) is 4.67. The van der Waals surface area contributed by atoms with Crippen molar-refractivity contribution in [3.63, 3.8) is 0 Å². The molecule has 0 aromatic heterocycles. The van der Waals surface area contributed by atoms with Crippen LogP contribution in [0.5, 0.6) is 0 Å². The third kappa shape index (κ3) is 1.00. The summed E-state index contributed by atoms with van der Waals surface area (Å²) in [7, 11) is 0. The number of carbonyl (C=O) groups is 2. The van der Waals surface area contributed by atoms with E-state index < -0.39 is 11.2 Å². The molecule has 102 valence electrons. The quantitative estimate of drug-likeness (QED) is 0.492. The van der Waals surface area contributed by atoms with Crippen LogP contribution in [-0.2, 0) is 19.1 Å². The van der Waals surface area contributed by atoms with Gasteiger partial charge in [-0.1, -0.05) is 19.9 Å². The van der Waals surface area contributed by atoms with Crippen LogP contribution in [0.4, 0.5) is 0 Å². The largest absolute Gasteiger partial charge is 0.459 e. The van der Waals surface area contributed by atoms with Gasteiger partial charge in [-0.2, -0.15) is 0 Å². The Balaban J connectivity index is 1.86. The van der Waals surface area contributed by atoms with Gasteiger partial charge in [-0.05, 0) is 25.8 Å². The van der Waals surface area contributed by atoms with Gasteiger partial charge in [0.05, 0.1) is 5.92 Å². The fraction of sp³-hybridized carbons (Fsp3) is 0.733.